The number of allylic oxidation sites excluding steroid dienone is 4. The Hall–Kier alpha value is -0.850. The Balaban J connectivity index is 3.79. The van der Waals surface area contributed by atoms with Crippen LogP contribution in [0.4, 0.5) is 4.39 Å². The third-order valence-corrected chi connectivity index (χ3v) is 0.707. The fourth-order valence-corrected chi connectivity index (χ4v) is 0.341. The minimum absolute atomic E-state index is 0.509. The van der Waals surface area contributed by atoms with Crippen molar-refractivity contribution in [2.75, 3.05) is 0 Å². The Morgan fingerprint density at radius 2 is 2.25 bits per heavy atom. The van der Waals surface area contributed by atoms with Crippen LogP contribution >= 0.6 is 0 Å². The SMILES string of the molecule is C=C/C=C(C)\C=C/F. The Labute approximate surface area is 49.0 Å². The zero-order valence-corrected chi connectivity index (χ0v) is 4.89. The van der Waals surface area contributed by atoms with Crippen LogP contribution in [0.5, 0.6) is 0 Å². The first kappa shape index (κ1) is 7.15. The summed E-state index contributed by atoms with van der Waals surface area (Å²) in [7, 11) is 0. The predicted molar refractivity (Wildman–Crippen MR) is 34.2 cm³/mol. The van der Waals surface area contributed by atoms with Crippen molar-refractivity contribution >= 4 is 0 Å². The van der Waals surface area contributed by atoms with Crippen LogP contribution in [-0.2, 0) is 0 Å². The van der Waals surface area contributed by atoms with E-state index >= 15 is 0 Å². The van der Waals surface area contributed by atoms with Crippen LogP contribution in [-0.4, -0.2) is 0 Å². The van der Waals surface area contributed by atoms with Crippen LogP contribution in [0.25, 0.3) is 0 Å². The summed E-state index contributed by atoms with van der Waals surface area (Å²) < 4.78 is 11.3. The molecule has 0 aliphatic heterocycles. The molecule has 0 aromatic carbocycles. The summed E-state index contributed by atoms with van der Waals surface area (Å²) in [5.74, 6) is 0. The summed E-state index contributed by atoms with van der Waals surface area (Å²) in [6, 6.07) is 0. The Bertz CT molecular complexity index is 120. The van der Waals surface area contributed by atoms with Crippen LogP contribution < -0.4 is 0 Å². The maximum atomic E-state index is 11.3. The molecule has 0 saturated carbocycles. The third-order valence-electron chi connectivity index (χ3n) is 0.707. The highest BCUT2D eigenvalue weighted by atomic mass is 19.1. The van der Waals surface area contributed by atoms with E-state index in [2.05, 4.69) is 6.58 Å². The molecule has 44 valence electrons. The van der Waals surface area contributed by atoms with Crippen molar-refractivity contribution in [3.63, 3.8) is 0 Å². The molecule has 0 N–H and O–H groups in total. The maximum absolute atomic E-state index is 11.3. The van der Waals surface area contributed by atoms with Gasteiger partial charge >= 0.3 is 0 Å². The molecule has 0 bridgehead atoms. The Morgan fingerprint density at radius 3 is 2.62 bits per heavy atom. The number of rotatable bonds is 2. The average molecular weight is 112 g/mol. The van der Waals surface area contributed by atoms with Gasteiger partial charge in [0.2, 0.25) is 0 Å². The Morgan fingerprint density at radius 1 is 1.62 bits per heavy atom. The van der Waals surface area contributed by atoms with Gasteiger partial charge < -0.3 is 0 Å². The number of halogens is 1. The standard InChI is InChI=1S/C7H9F/c1-3-4-7(2)5-6-8/h3-6H,1H2,2H3/b6-5-,7-4-. The van der Waals surface area contributed by atoms with E-state index in [4.69, 9.17) is 0 Å². The molecule has 0 fully saturated rings. The molecule has 0 unspecified atom stereocenters. The lowest BCUT2D eigenvalue weighted by molar-refractivity contribution is 0.720. The topological polar surface area (TPSA) is 0 Å². The highest BCUT2D eigenvalue weighted by Crippen LogP contribution is 1.93. The average Bonchev–Trinajstić information content (AvgIpc) is 1.68. The molecule has 0 nitrogen and oxygen atoms in total. The van der Waals surface area contributed by atoms with Crippen LogP contribution in [0.3, 0.4) is 0 Å². The second-order valence-corrected chi connectivity index (χ2v) is 1.44. The van der Waals surface area contributed by atoms with Crippen LogP contribution in [0, 0.1) is 0 Å². The fourth-order valence-electron chi connectivity index (χ4n) is 0.341. The Kier molecular flexibility index (Phi) is 3.85. The molecule has 0 atom stereocenters. The molecule has 0 spiro atoms. The highest BCUT2D eigenvalue weighted by molar-refractivity contribution is 5.18. The minimum atomic E-state index is 0.509. The van der Waals surface area contributed by atoms with Gasteiger partial charge in [0.1, 0.15) is 0 Å². The van der Waals surface area contributed by atoms with E-state index in [0.717, 1.165) is 5.57 Å². The minimum Gasteiger partial charge on any atom is -0.216 e. The summed E-state index contributed by atoms with van der Waals surface area (Å²) in [4.78, 5) is 0. The van der Waals surface area contributed by atoms with Gasteiger partial charge in [0.05, 0.1) is 6.33 Å². The van der Waals surface area contributed by atoms with E-state index < -0.39 is 0 Å². The molecule has 8 heavy (non-hydrogen) atoms. The van der Waals surface area contributed by atoms with Crippen molar-refractivity contribution in [2.45, 2.75) is 6.92 Å². The fraction of sp³-hybridized carbons (Fsp3) is 0.143. The van der Waals surface area contributed by atoms with Crippen molar-refractivity contribution in [1.29, 1.82) is 0 Å². The van der Waals surface area contributed by atoms with E-state index in [-0.39, 0.29) is 0 Å². The molecule has 0 aliphatic carbocycles. The second kappa shape index (κ2) is 4.31. The molecule has 0 aliphatic rings. The molecule has 0 radical (unpaired) electrons. The molecule has 0 rings (SSSR count). The van der Waals surface area contributed by atoms with Gasteiger partial charge in [-0.05, 0) is 18.6 Å². The van der Waals surface area contributed by atoms with E-state index in [1.165, 1.54) is 6.08 Å². The smallest absolute Gasteiger partial charge is 0.0869 e. The quantitative estimate of drug-likeness (QED) is 0.481. The summed E-state index contributed by atoms with van der Waals surface area (Å²) in [5.41, 5.74) is 0.863. The van der Waals surface area contributed by atoms with Crippen molar-refractivity contribution < 1.29 is 4.39 Å². The van der Waals surface area contributed by atoms with Gasteiger partial charge in [-0.15, -0.1) is 0 Å². The van der Waals surface area contributed by atoms with Crippen molar-refractivity contribution in [3.8, 4) is 0 Å². The molecule has 0 saturated heterocycles. The third kappa shape index (κ3) is 3.34. The second-order valence-electron chi connectivity index (χ2n) is 1.44. The lowest BCUT2D eigenvalue weighted by Gasteiger charge is -1.81. The van der Waals surface area contributed by atoms with E-state index in [0.29, 0.717) is 6.33 Å². The van der Waals surface area contributed by atoms with Gasteiger partial charge in [-0.3, -0.25) is 0 Å². The van der Waals surface area contributed by atoms with E-state index in [1.807, 2.05) is 0 Å². The number of hydrogen-bond acceptors (Lipinski definition) is 0. The van der Waals surface area contributed by atoms with E-state index in [1.54, 1.807) is 19.1 Å². The molecule has 0 aromatic heterocycles. The molecular formula is C7H9F. The zero-order valence-electron chi connectivity index (χ0n) is 4.89. The normalized spacial score (nSPS) is 12.5. The van der Waals surface area contributed by atoms with Crippen molar-refractivity contribution in [2.24, 2.45) is 0 Å². The zero-order chi connectivity index (χ0) is 6.41. The molecule has 0 heterocycles. The summed E-state index contributed by atoms with van der Waals surface area (Å²) in [5, 5.41) is 0. The molecular weight excluding hydrogens is 103 g/mol. The number of hydrogen-bond donors (Lipinski definition) is 0. The van der Waals surface area contributed by atoms with Crippen LogP contribution in [0.1, 0.15) is 6.92 Å². The van der Waals surface area contributed by atoms with Gasteiger partial charge in [-0.25, -0.2) is 4.39 Å². The van der Waals surface area contributed by atoms with Crippen LogP contribution in [0.2, 0.25) is 0 Å². The summed E-state index contributed by atoms with van der Waals surface area (Å²) >= 11 is 0. The molecule has 0 aromatic rings. The lowest BCUT2D eigenvalue weighted by atomic mass is 10.3. The lowest BCUT2D eigenvalue weighted by Crippen LogP contribution is -1.61. The van der Waals surface area contributed by atoms with Crippen molar-refractivity contribution in [1.82, 2.24) is 0 Å². The van der Waals surface area contributed by atoms with Crippen molar-refractivity contribution in [3.05, 3.63) is 36.7 Å². The monoisotopic (exact) mass is 112 g/mol. The first-order valence-electron chi connectivity index (χ1n) is 2.37. The van der Waals surface area contributed by atoms with Gasteiger partial charge in [0.25, 0.3) is 0 Å². The molecule has 1 heteroatoms. The van der Waals surface area contributed by atoms with Gasteiger partial charge in [-0.1, -0.05) is 18.7 Å². The van der Waals surface area contributed by atoms with Gasteiger partial charge in [0, 0.05) is 0 Å². The van der Waals surface area contributed by atoms with Gasteiger partial charge in [0.15, 0.2) is 0 Å². The van der Waals surface area contributed by atoms with E-state index in [9.17, 15) is 4.39 Å². The van der Waals surface area contributed by atoms with Gasteiger partial charge in [-0.2, -0.15) is 0 Å². The van der Waals surface area contributed by atoms with Crippen LogP contribution in [0.15, 0.2) is 36.7 Å². The largest absolute Gasteiger partial charge is 0.216 e. The highest BCUT2D eigenvalue weighted by Gasteiger charge is 1.73. The summed E-state index contributed by atoms with van der Waals surface area (Å²) in [6.45, 7) is 5.25. The first-order valence-corrected chi connectivity index (χ1v) is 2.37. The summed E-state index contributed by atoms with van der Waals surface area (Å²) in [6.07, 6.45) is 5.24. The maximum Gasteiger partial charge on any atom is 0.0869 e. The first-order chi connectivity index (χ1) is 3.81. The predicted octanol–water partition coefficient (Wildman–Crippen LogP) is 2.60. The molecule has 0 amide bonds.